The van der Waals surface area contributed by atoms with Crippen LogP contribution in [0.3, 0.4) is 0 Å². The molecule has 23 heavy (non-hydrogen) atoms. The van der Waals surface area contributed by atoms with Crippen molar-refractivity contribution in [1.82, 2.24) is 10.2 Å². The van der Waals surface area contributed by atoms with Crippen molar-refractivity contribution in [3.8, 4) is 0 Å². The van der Waals surface area contributed by atoms with Crippen molar-refractivity contribution in [1.29, 1.82) is 0 Å². The van der Waals surface area contributed by atoms with E-state index in [1.807, 2.05) is 30.3 Å². The first-order valence-electron chi connectivity index (χ1n) is 7.55. The Balaban J connectivity index is 1.81. The van der Waals surface area contributed by atoms with Crippen molar-refractivity contribution in [3.63, 3.8) is 0 Å². The second kappa shape index (κ2) is 7.48. The summed E-state index contributed by atoms with van der Waals surface area (Å²) in [4.78, 5) is 24.1. The van der Waals surface area contributed by atoms with Gasteiger partial charge in [0.25, 0.3) is 0 Å². The third-order valence-corrected chi connectivity index (χ3v) is 3.88. The first kappa shape index (κ1) is 17.3. The van der Waals surface area contributed by atoms with Gasteiger partial charge in [-0.1, -0.05) is 30.3 Å². The number of nitrogens with zero attached hydrogens (tertiary/aromatic N) is 1. The number of alkyl halides is 3. The summed E-state index contributed by atoms with van der Waals surface area (Å²) in [5.74, 6) is -2.73. The van der Waals surface area contributed by atoms with Gasteiger partial charge in [0, 0.05) is 19.6 Å². The van der Waals surface area contributed by atoms with Crippen molar-refractivity contribution >= 4 is 11.8 Å². The predicted molar refractivity (Wildman–Crippen MR) is 78.5 cm³/mol. The van der Waals surface area contributed by atoms with Crippen LogP contribution >= 0.6 is 0 Å². The molecule has 1 aromatic carbocycles. The highest BCUT2D eigenvalue weighted by Gasteiger charge is 2.44. The average molecular weight is 328 g/mol. The fraction of sp³-hybridized carbons (Fsp3) is 0.500. The SMILES string of the molecule is O=C(NCCc1ccccc1)C1CCCN(C(=O)C(F)(F)F)C1. The Kier molecular flexibility index (Phi) is 5.63. The van der Waals surface area contributed by atoms with Crippen LogP contribution in [-0.2, 0) is 16.0 Å². The third kappa shape index (κ3) is 4.97. The Morgan fingerprint density at radius 1 is 1.22 bits per heavy atom. The van der Waals surface area contributed by atoms with Crippen LogP contribution in [0.25, 0.3) is 0 Å². The number of carbonyl (C=O) groups excluding carboxylic acids is 2. The number of likely N-dealkylation sites (tertiary alicyclic amines) is 1. The number of piperidine rings is 1. The highest BCUT2D eigenvalue weighted by molar-refractivity contribution is 5.84. The van der Waals surface area contributed by atoms with Gasteiger partial charge >= 0.3 is 12.1 Å². The lowest BCUT2D eigenvalue weighted by molar-refractivity contribution is -0.187. The van der Waals surface area contributed by atoms with E-state index in [1.54, 1.807) is 0 Å². The van der Waals surface area contributed by atoms with E-state index in [9.17, 15) is 22.8 Å². The van der Waals surface area contributed by atoms with Gasteiger partial charge in [0.1, 0.15) is 0 Å². The van der Waals surface area contributed by atoms with Gasteiger partial charge in [0.2, 0.25) is 5.91 Å². The van der Waals surface area contributed by atoms with E-state index >= 15 is 0 Å². The fourth-order valence-corrected chi connectivity index (χ4v) is 2.67. The normalized spacial score (nSPS) is 18.6. The van der Waals surface area contributed by atoms with Crippen LogP contribution in [0.2, 0.25) is 0 Å². The minimum atomic E-state index is -4.88. The molecule has 1 aliphatic heterocycles. The second-order valence-corrected chi connectivity index (χ2v) is 5.61. The molecule has 1 heterocycles. The standard InChI is InChI=1S/C16H19F3N2O2/c17-16(18,19)15(23)21-10-4-7-13(11-21)14(22)20-9-8-12-5-2-1-3-6-12/h1-3,5-6,13H,4,7-11H2,(H,20,22). The molecular formula is C16H19F3N2O2. The highest BCUT2D eigenvalue weighted by Crippen LogP contribution is 2.23. The van der Waals surface area contributed by atoms with Crippen LogP contribution < -0.4 is 5.32 Å². The predicted octanol–water partition coefficient (Wildman–Crippen LogP) is 2.15. The van der Waals surface area contributed by atoms with Crippen molar-refractivity contribution in [2.75, 3.05) is 19.6 Å². The lowest BCUT2D eigenvalue weighted by Crippen LogP contribution is -2.49. The quantitative estimate of drug-likeness (QED) is 0.921. The number of amides is 2. The molecule has 0 bridgehead atoms. The summed E-state index contributed by atoms with van der Waals surface area (Å²) >= 11 is 0. The minimum absolute atomic E-state index is 0.0478. The van der Waals surface area contributed by atoms with Crippen LogP contribution in [0.5, 0.6) is 0 Å². The Morgan fingerprint density at radius 3 is 2.57 bits per heavy atom. The first-order valence-corrected chi connectivity index (χ1v) is 7.55. The van der Waals surface area contributed by atoms with Gasteiger partial charge in [-0.05, 0) is 24.8 Å². The number of halogens is 3. The van der Waals surface area contributed by atoms with Crippen LogP contribution in [0.4, 0.5) is 13.2 Å². The molecule has 1 aromatic rings. The summed E-state index contributed by atoms with van der Waals surface area (Å²) in [5.41, 5.74) is 1.07. The number of nitrogens with one attached hydrogen (secondary N) is 1. The van der Waals surface area contributed by atoms with E-state index < -0.39 is 18.0 Å². The number of rotatable bonds is 4. The summed E-state index contributed by atoms with van der Waals surface area (Å²) in [7, 11) is 0. The van der Waals surface area contributed by atoms with Crippen LogP contribution in [0, 0.1) is 5.92 Å². The maximum absolute atomic E-state index is 12.5. The molecule has 0 aromatic heterocycles. The van der Waals surface area contributed by atoms with Crippen molar-refractivity contribution in [3.05, 3.63) is 35.9 Å². The Bertz CT molecular complexity index is 546. The molecule has 1 aliphatic rings. The summed E-state index contributed by atoms with van der Waals surface area (Å²) in [6.07, 6.45) is -3.33. The topological polar surface area (TPSA) is 49.4 Å². The zero-order valence-corrected chi connectivity index (χ0v) is 12.6. The fourth-order valence-electron chi connectivity index (χ4n) is 2.67. The average Bonchev–Trinajstić information content (AvgIpc) is 2.54. The molecule has 4 nitrogen and oxygen atoms in total. The molecule has 0 saturated carbocycles. The maximum Gasteiger partial charge on any atom is 0.471 e. The van der Waals surface area contributed by atoms with Crippen molar-refractivity contribution in [2.24, 2.45) is 5.92 Å². The van der Waals surface area contributed by atoms with Crippen LogP contribution in [0.15, 0.2) is 30.3 Å². The van der Waals surface area contributed by atoms with Gasteiger partial charge in [-0.25, -0.2) is 0 Å². The van der Waals surface area contributed by atoms with Gasteiger partial charge in [0.15, 0.2) is 0 Å². The lowest BCUT2D eigenvalue weighted by Gasteiger charge is -2.32. The summed E-state index contributed by atoms with van der Waals surface area (Å²) in [5, 5.41) is 2.74. The summed E-state index contributed by atoms with van der Waals surface area (Å²) in [6.45, 7) is 0.300. The van der Waals surface area contributed by atoms with Gasteiger partial charge in [0.05, 0.1) is 5.92 Å². The maximum atomic E-state index is 12.5. The zero-order chi connectivity index (χ0) is 16.9. The Hall–Kier alpha value is -2.05. The lowest BCUT2D eigenvalue weighted by atomic mass is 9.97. The molecule has 126 valence electrons. The molecule has 7 heteroatoms. The van der Waals surface area contributed by atoms with E-state index in [2.05, 4.69) is 5.32 Å². The van der Waals surface area contributed by atoms with E-state index in [0.717, 1.165) is 10.5 Å². The molecule has 1 unspecified atom stereocenters. The first-order chi connectivity index (χ1) is 10.9. The molecule has 0 radical (unpaired) electrons. The number of hydrogen-bond donors (Lipinski definition) is 1. The van der Waals surface area contributed by atoms with E-state index in [1.165, 1.54) is 0 Å². The molecule has 0 aliphatic carbocycles. The minimum Gasteiger partial charge on any atom is -0.355 e. The Morgan fingerprint density at radius 2 is 1.91 bits per heavy atom. The summed E-state index contributed by atoms with van der Waals surface area (Å²) < 4.78 is 37.4. The molecular weight excluding hydrogens is 309 g/mol. The van der Waals surface area contributed by atoms with Gasteiger partial charge in [-0.2, -0.15) is 13.2 Å². The smallest absolute Gasteiger partial charge is 0.355 e. The number of carbonyl (C=O) groups is 2. The zero-order valence-electron chi connectivity index (χ0n) is 12.6. The molecule has 0 spiro atoms. The van der Waals surface area contributed by atoms with Crippen LogP contribution in [0.1, 0.15) is 18.4 Å². The van der Waals surface area contributed by atoms with Gasteiger partial charge in [-0.3, -0.25) is 9.59 Å². The molecule has 1 atom stereocenters. The number of hydrogen-bond acceptors (Lipinski definition) is 2. The molecule has 1 fully saturated rings. The monoisotopic (exact) mass is 328 g/mol. The highest BCUT2D eigenvalue weighted by atomic mass is 19.4. The molecule has 2 rings (SSSR count). The van der Waals surface area contributed by atoms with Crippen molar-refractivity contribution in [2.45, 2.75) is 25.4 Å². The number of benzene rings is 1. The third-order valence-electron chi connectivity index (χ3n) is 3.88. The van der Waals surface area contributed by atoms with Gasteiger partial charge < -0.3 is 10.2 Å². The molecule has 1 N–H and O–H groups in total. The van der Waals surface area contributed by atoms with Crippen molar-refractivity contribution < 1.29 is 22.8 Å². The Labute approximate surface area is 132 Å². The van der Waals surface area contributed by atoms with E-state index in [4.69, 9.17) is 0 Å². The van der Waals surface area contributed by atoms with Crippen LogP contribution in [-0.4, -0.2) is 42.5 Å². The van der Waals surface area contributed by atoms with E-state index in [-0.39, 0.29) is 19.0 Å². The van der Waals surface area contributed by atoms with Gasteiger partial charge in [-0.15, -0.1) is 0 Å². The largest absolute Gasteiger partial charge is 0.471 e. The molecule has 2 amide bonds. The summed E-state index contributed by atoms with van der Waals surface area (Å²) in [6, 6.07) is 9.58. The van der Waals surface area contributed by atoms with E-state index in [0.29, 0.717) is 25.8 Å². The second-order valence-electron chi connectivity index (χ2n) is 5.61. The molecule has 1 saturated heterocycles.